The summed E-state index contributed by atoms with van der Waals surface area (Å²) in [6.45, 7) is 1.98. The van der Waals surface area contributed by atoms with Gasteiger partial charge in [0.05, 0.1) is 11.3 Å². The molecule has 1 unspecified atom stereocenters. The van der Waals surface area contributed by atoms with Gasteiger partial charge in [-0.3, -0.25) is 18.7 Å². The summed E-state index contributed by atoms with van der Waals surface area (Å²) in [5.41, 5.74) is 4.30. The molecule has 3 aromatic carbocycles. The van der Waals surface area contributed by atoms with Crippen LogP contribution in [0.15, 0.2) is 85.1 Å². The Balaban J connectivity index is 1.77. The normalized spacial score (nSPS) is 12.6. The van der Waals surface area contributed by atoms with Crippen LogP contribution in [0.2, 0.25) is 0 Å². The highest BCUT2D eigenvalue weighted by Crippen LogP contribution is 2.56. The van der Waals surface area contributed by atoms with Gasteiger partial charge in [-0.2, -0.15) is 0 Å². The summed E-state index contributed by atoms with van der Waals surface area (Å²) in [6, 6.07) is 25.9. The highest BCUT2D eigenvalue weighted by Gasteiger charge is 2.34. The average Bonchev–Trinajstić information content (AvgIpc) is 3.26. The van der Waals surface area contributed by atoms with Gasteiger partial charge >= 0.3 is 15.2 Å². The lowest BCUT2D eigenvalue weighted by Crippen LogP contribution is -2.15. The SMILES string of the molecule is Cc1c(NC(=O)C=O)c(C(CCCCP(=O)(O)O)P(=O)(O)O)cn1Cc1cc(-c2ccccc2)cc(-c2ccccc2)c1. The molecule has 1 amide bonds. The maximum Gasteiger partial charge on any atom is 0.333 e. The molecule has 0 bridgehead atoms. The first-order chi connectivity index (χ1) is 20.4. The molecular formula is C31H34N2O8P2. The minimum atomic E-state index is -4.79. The van der Waals surface area contributed by atoms with E-state index in [4.69, 9.17) is 9.79 Å². The number of aromatic nitrogens is 1. The number of unbranched alkanes of at least 4 members (excludes halogenated alkanes) is 1. The first-order valence-corrected chi connectivity index (χ1v) is 17.1. The molecule has 1 heterocycles. The predicted molar refractivity (Wildman–Crippen MR) is 166 cm³/mol. The van der Waals surface area contributed by atoms with Crippen molar-refractivity contribution in [2.24, 2.45) is 0 Å². The molecule has 4 aromatic rings. The van der Waals surface area contributed by atoms with E-state index in [-0.39, 0.29) is 36.8 Å². The van der Waals surface area contributed by atoms with Crippen LogP contribution in [-0.4, -0.2) is 42.5 Å². The van der Waals surface area contributed by atoms with Gasteiger partial charge in [0.2, 0.25) is 6.29 Å². The second-order valence-electron chi connectivity index (χ2n) is 10.4. The fraction of sp³-hybridized carbons (Fsp3) is 0.226. The van der Waals surface area contributed by atoms with Gasteiger partial charge in [-0.15, -0.1) is 0 Å². The maximum absolute atomic E-state index is 12.7. The lowest BCUT2D eigenvalue weighted by atomic mass is 9.96. The molecule has 0 spiro atoms. The molecule has 1 aromatic heterocycles. The maximum atomic E-state index is 12.7. The molecule has 10 nitrogen and oxygen atoms in total. The molecule has 226 valence electrons. The van der Waals surface area contributed by atoms with Gasteiger partial charge in [-0.1, -0.05) is 67.1 Å². The number of anilines is 1. The number of rotatable bonds is 13. The Kier molecular flexibility index (Phi) is 10.4. The monoisotopic (exact) mass is 624 g/mol. The Morgan fingerprint density at radius 1 is 0.860 bits per heavy atom. The van der Waals surface area contributed by atoms with Crippen LogP contribution in [0, 0.1) is 6.92 Å². The summed E-state index contributed by atoms with van der Waals surface area (Å²) >= 11 is 0. The van der Waals surface area contributed by atoms with E-state index in [1.54, 1.807) is 17.7 Å². The molecule has 0 fully saturated rings. The molecule has 0 aliphatic heterocycles. The van der Waals surface area contributed by atoms with E-state index in [1.807, 2.05) is 72.8 Å². The van der Waals surface area contributed by atoms with Crippen molar-refractivity contribution in [3.8, 4) is 22.3 Å². The molecule has 0 radical (unpaired) electrons. The number of benzene rings is 3. The third-order valence-corrected chi connectivity index (χ3v) is 9.48. The fourth-order valence-corrected chi connectivity index (χ4v) is 6.86. The predicted octanol–water partition coefficient (Wildman–Crippen LogP) is 5.88. The van der Waals surface area contributed by atoms with Crippen molar-refractivity contribution in [1.29, 1.82) is 0 Å². The Labute approximate surface area is 249 Å². The number of aldehydes is 1. The molecule has 43 heavy (non-hydrogen) atoms. The van der Waals surface area contributed by atoms with Crippen molar-refractivity contribution in [3.63, 3.8) is 0 Å². The van der Waals surface area contributed by atoms with E-state index in [9.17, 15) is 28.5 Å². The van der Waals surface area contributed by atoms with E-state index in [0.717, 1.165) is 27.8 Å². The zero-order valence-corrected chi connectivity index (χ0v) is 25.3. The van der Waals surface area contributed by atoms with E-state index in [0.29, 0.717) is 12.2 Å². The largest absolute Gasteiger partial charge is 0.345 e. The van der Waals surface area contributed by atoms with Crippen molar-refractivity contribution < 1.29 is 38.3 Å². The lowest BCUT2D eigenvalue weighted by Gasteiger charge is -2.19. The van der Waals surface area contributed by atoms with Crippen molar-refractivity contribution in [3.05, 3.63) is 102 Å². The molecule has 4 rings (SSSR count). The van der Waals surface area contributed by atoms with Crippen LogP contribution in [-0.2, 0) is 25.3 Å². The van der Waals surface area contributed by atoms with Crippen LogP contribution < -0.4 is 5.32 Å². The zero-order chi connectivity index (χ0) is 31.2. The van der Waals surface area contributed by atoms with Crippen molar-refractivity contribution >= 4 is 33.1 Å². The summed E-state index contributed by atoms with van der Waals surface area (Å²) in [4.78, 5) is 62.2. The van der Waals surface area contributed by atoms with Gasteiger partial charge in [0, 0.05) is 30.2 Å². The number of nitrogens with zero attached hydrogens (tertiary/aromatic N) is 1. The minimum Gasteiger partial charge on any atom is -0.345 e. The van der Waals surface area contributed by atoms with Gasteiger partial charge in [-0.25, -0.2) is 0 Å². The molecule has 0 aliphatic carbocycles. The van der Waals surface area contributed by atoms with Crippen molar-refractivity contribution in [1.82, 2.24) is 4.57 Å². The number of carbonyl (C=O) groups excluding carboxylic acids is 2. The third-order valence-electron chi connectivity index (χ3n) is 7.23. The molecule has 1 atom stereocenters. The van der Waals surface area contributed by atoms with E-state index in [2.05, 4.69) is 11.4 Å². The highest BCUT2D eigenvalue weighted by molar-refractivity contribution is 7.52. The molecule has 0 saturated heterocycles. The van der Waals surface area contributed by atoms with E-state index >= 15 is 0 Å². The average molecular weight is 625 g/mol. The molecule has 5 N–H and O–H groups in total. The number of hydrogen-bond acceptors (Lipinski definition) is 4. The summed E-state index contributed by atoms with van der Waals surface area (Å²) in [7, 11) is -9.05. The molecule has 0 aliphatic rings. The van der Waals surface area contributed by atoms with Gasteiger partial charge in [-0.05, 0) is 65.8 Å². The second kappa shape index (κ2) is 13.8. The van der Waals surface area contributed by atoms with Crippen molar-refractivity contribution in [2.45, 2.75) is 38.4 Å². The third kappa shape index (κ3) is 8.71. The van der Waals surface area contributed by atoms with Crippen LogP contribution >= 0.6 is 15.2 Å². The molecule has 0 saturated carbocycles. The quantitative estimate of drug-likeness (QED) is 0.0532. The Bertz CT molecular complexity index is 1620. The standard InChI is InChI=1S/C31H34N2O8P2/c1-22-31(32-30(35)21-34)28(29(43(39,40)41)14-8-9-15-42(36,37)38)20-33(22)19-23-16-26(24-10-4-2-5-11-24)18-27(17-23)25-12-6-3-7-13-25/h2-7,10-13,16-18,20-21,29H,8-9,14-15,19H2,1H3,(H,32,35)(H2,36,37,38)(H2,39,40,41). The number of amides is 1. The zero-order valence-electron chi connectivity index (χ0n) is 23.5. The van der Waals surface area contributed by atoms with E-state index in [1.165, 1.54) is 0 Å². The van der Waals surface area contributed by atoms with Gasteiger partial charge in [0.1, 0.15) is 0 Å². The van der Waals surface area contributed by atoms with Crippen LogP contribution in [0.5, 0.6) is 0 Å². The smallest absolute Gasteiger partial charge is 0.333 e. The van der Waals surface area contributed by atoms with E-state index < -0.39 is 32.9 Å². The van der Waals surface area contributed by atoms with Crippen LogP contribution in [0.4, 0.5) is 5.69 Å². The van der Waals surface area contributed by atoms with Gasteiger partial charge in [0.15, 0.2) is 0 Å². The van der Waals surface area contributed by atoms with Crippen molar-refractivity contribution in [2.75, 3.05) is 11.5 Å². The topological polar surface area (TPSA) is 166 Å². The fourth-order valence-electron chi connectivity index (χ4n) is 5.15. The summed E-state index contributed by atoms with van der Waals surface area (Å²) in [5.74, 6) is -0.967. The molecule has 12 heteroatoms. The Morgan fingerprint density at radius 2 is 1.42 bits per heavy atom. The summed E-state index contributed by atoms with van der Waals surface area (Å²) < 4.78 is 25.7. The van der Waals surface area contributed by atoms with Gasteiger partial charge in [0.25, 0.3) is 5.91 Å². The number of hydrogen-bond donors (Lipinski definition) is 5. The number of carbonyl (C=O) groups is 2. The van der Waals surface area contributed by atoms with Gasteiger partial charge < -0.3 is 29.5 Å². The Hall–Kier alpha value is -3.62. The molecular weight excluding hydrogens is 590 g/mol. The summed E-state index contributed by atoms with van der Waals surface area (Å²) in [5, 5.41) is 2.48. The Morgan fingerprint density at radius 3 is 1.91 bits per heavy atom. The lowest BCUT2D eigenvalue weighted by molar-refractivity contribution is -0.127. The minimum absolute atomic E-state index is 0.0606. The summed E-state index contributed by atoms with van der Waals surface area (Å²) in [6.07, 6.45) is 1.36. The van der Waals surface area contributed by atoms with Crippen LogP contribution in [0.1, 0.15) is 41.7 Å². The highest BCUT2D eigenvalue weighted by atomic mass is 31.2. The second-order valence-corrected chi connectivity index (χ2v) is 14.0. The van der Waals surface area contributed by atoms with Crippen LogP contribution in [0.3, 0.4) is 0 Å². The first-order valence-electron chi connectivity index (χ1n) is 13.7. The first kappa shape index (κ1) is 32.3. The number of nitrogens with one attached hydrogen (secondary N) is 1. The van der Waals surface area contributed by atoms with Crippen LogP contribution in [0.25, 0.3) is 22.3 Å².